The molecule has 0 atom stereocenters. The van der Waals surface area contributed by atoms with Crippen LogP contribution >= 0.6 is 36.4 Å². The van der Waals surface area contributed by atoms with Gasteiger partial charge in [-0.2, -0.15) is 0 Å². The lowest BCUT2D eigenvalue weighted by atomic mass is 9.90. The van der Waals surface area contributed by atoms with E-state index >= 15 is 0 Å². The molecule has 1 fully saturated rings. The van der Waals surface area contributed by atoms with Crippen LogP contribution in [0.4, 0.5) is 0 Å². The number of carbonyl (C=O) groups is 1. The Morgan fingerprint density at radius 2 is 1.75 bits per heavy atom. The van der Waals surface area contributed by atoms with E-state index < -0.39 is 5.60 Å². The molecule has 1 aliphatic heterocycles. The molecule has 0 radical (unpaired) electrons. The van der Waals surface area contributed by atoms with Crippen molar-refractivity contribution in [3.63, 3.8) is 0 Å². The van der Waals surface area contributed by atoms with E-state index in [4.69, 9.17) is 16.3 Å². The Morgan fingerprint density at radius 1 is 1.11 bits per heavy atom. The molecule has 1 aromatic heterocycles. The Balaban J connectivity index is 0.00000196. The molecule has 3 rings (SSSR count). The summed E-state index contributed by atoms with van der Waals surface area (Å²) in [5, 5.41) is 7.00. The average molecular weight is 447 g/mol. The highest BCUT2D eigenvalue weighted by atomic mass is 35.5. The van der Waals surface area contributed by atoms with Crippen molar-refractivity contribution in [2.24, 2.45) is 0 Å². The number of aryl methyl sites for hydroxylation is 1. The van der Waals surface area contributed by atoms with Crippen molar-refractivity contribution in [2.45, 2.75) is 31.3 Å². The Morgan fingerprint density at radius 3 is 2.39 bits per heavy atom. The van der Waals surface area contributed by atoms with Crippen LogP contribution in [0.5, 0.6) is 5.75 Å². The second-order valence-corrected chi connectivity index (χ2v) is 6.95. The van der Waals surface area contributed by atoms with Crippen molar-refractivity contribution < 1.29 is 9.53 Å². The van der Waals surface area contributed by atoms with Gasteiger partial charge in [-0.3, -0.25) is 9.78 Å². The zero-order chi connectivity index (χ0) is 18.2. The Bertz CT molecular complexity index is 708. The van der Waals surface area contributed by atoms with E-state index in [0.29, 0.717) is 30.2 Å². The van der Waals surface area contributed by atoms with Crippen molar-refractivity contribution in [1.29, 1.82) is 0 Å². The van der Waals surface area contributed by atoms with Gasteiger partial charge in [0.25, 0.3) is 5.91 Å². The molecule has 0 unspecified atom stereocenters. The van der Waals surface area contributed by atoms with E-state index in [9.17, 15) is 4.79 Å². The number of nitrogens with zero attached hydrogens (tertiary/aromatic N) is 1. The highest BCUT2D eigenvalue weighted by Gasteiger charge is 2.41. The second kappa shape index (κ2) is 12.1. The molecule has 1 saturated heterocycles. The summed E-state index contributed by atoms with van der Waals surface area (Å²) in [6.45, 7) is 2.15. The molecule has 0 saturated carbocycles. The number of rotatable bonds is 7. The van der Waals surface area contributed by atoms with Crippen molar-refractivity contribution in [1.82, 2.24) is 15.6 Å². The third-order valence-electron chi connectivity index (χ3n) is 4.63. The molecule has 1 aliphatic rings. The maximum atomic E-state index is 12.9. The van der Waals surface area contributed by atoms with Crippen LogP contribution in [-0.4, -0.2) is 36.1 Å². The van der Waals surface area contributed by atoms with E-state index in [2.05, 4.69) is 15.6 Å². The van der Waals surface area contributed by atoms with Gasteiger partial charge in [0.1, 0.15) is 5.75 Å². The van der Waals surface area contributed by atoms with E-state index in [1.807, 2.05) is 24.3 Å². The normalized spacial score (nSPS) is 14.9. The molecular formula is C20H26Cl3N3O2. The maximum absolute atomic E-state index is 12.9. The zero-order valence-corrected chi connectivity index (χ0v) is 17.9. The van der Waals surface area contributed by atoms with Crippen LogP contribution in [-0.2, 0) is 11.2 Å². The zero-order valence-electron chi connectivity index (χ0n) is 15.5. The third kappa shape index (κ3) is 6.82. The molecule has 1 amide bonds. The molecule has 2 aromatic rings. The average Bonchev–Trinajstić information content (AvgIpc) is 2.68. The Kier molecular flexibility index (Phi) is 10.6. The van der Waals surface area contributed by atoms with E-state index in [0.717, 1.165) is 25.9 Å². The first kappa shape index (κ1) is 24.5. The SMILES string of the molecule is Cl.Cl.O=C(NCCCc1ccncc1)C1(Oc2ccc(Cl)cc2)CCNCC1. The molecule has 2 heterocycles. The fourth-order valence-corrected chi connectivity index (χ4v) is 3.27. The summed E-state index contributed by atoms with van der Waals surface area (Å²) in [7, 11) is 0. The number of pyridine rings is 1. The summed E-state index contributed by atoms with van der Waals surface area (Å²) in [6, 6.07) is 11.2. The Labute approximate surface area is 183 Å². The first-order valence-corrected chi connectivity index (χ1v) is 9.38. The van der Waals surface area contributed by atoms with Crippen LogP contribution in [0.1, 0.15) is 24.8 Å². The second-order valence-electron chi connectivity index (χ2n) is 6.52. The molecular weight excluding hydrogens is 421 g/mol. The minimum Gasteiger partial charge on any atom is -0.477 e. The summed E-state index contributed by atoms with van der Waals surface area (Å²) >= 11 is 5.94. The predicted octanol–water partition coefficient (Wildman–Crippen LogP) is 3.83. The van der Waals surface area contributed by atoms with Gasteiger partial charge in [-0.25, -0.2) is 0 Å². The highest BCUT2D eigenvalue weighted by Crippen LogP contribution is 2.28. The summed E-state index contributed by atoms with van der Waals surface area (Å²) in [5.41, 5.74) is 0.402. The third-order valence-corrected chi connectivity index (χ3v) is 4.88. The van der Waals surface area contributed by atoms with Gasteiger partial charge in [0, 0.05) is 36.8 Å². The number of aromatic nitrogens is 1. The number of ether oxygens (including phenoxy) is 1. The van der Waals surface area contributed by atoms with Gasteiger partial charge in [-0.1, -0.05) is 11.6 Å². The van der Waals surface area contributed by atoms with Gasteiger partial charge in [-0.15, -0.1) is 24.8 Å². The van der Waals surface area contributed by atoms with Crippen LogP contribution in [0.2, 0.25) is 5.02 Å². The summed E-state index contributed by atoms with van der Waals surface area (Å²) in [6.07, 6.45) is 6.66. The molecule has 5 nitrogen and oxygen atoms in total. The molecule has 8 heteroatoms. The van der Waals surface area contributed by atoms with Crippen molar-refractivity contribution in [3.8, 4) is 5.75 Å². The molecule has 1 aromatic carbocycles. The van der Waals surface area contributed by atoms with Crippen LogP contribution in [0.25, 0.3) is 0 Å². The first-order valence-electron chi connectivity index (χ1n) is 9.00. The van der Waals surface area contributed by atoms with Crippen molar-refractivity contribution in [3.05, 3.63) is 59.4 Å². The molecule has 0 spiro atoms. The number of hydrogen-bond donors (Lipinski definition) is 2. The summed E-state index contributed by atoms with van der Waals surface area (Å²) in [5.74, 6) is 0.631. The molecule has 2 N–H and O–H groups in total. The summed E-state index contributed by atoms with van der Waals surface area (Å²) in [4.78, 5) is 16.9. The van der Waals surface area contributed by atoms with Gasteiger partial charge < -0.3 is 15.4 Å². The fraction of sp³-hybridized carbons (Fsp3) is 0.400. The Hall–Kier alpha value is -1.53. The van der Waals surface area contributed by atoms with Crippen LogP contribution in [0, 0.1) is 0 Å². The van der Waals surface area contributed by atoms with Crippen LogP contribution in [0.3, 0.4) is 0 Å². The molecule has 0 aliphatic carbocycles. The fourth-order valence-electron chi connectivity index (χ4n) is 3.14. The quantitative estimate of drug-likeness (QED) is 0.635. The molecule has 154 valence electrons. The van der Waals surface area contributed by atoms with Crippen LogP contribution < -0.4 is 15.4 Å². The van der Waals surface area contributed by atoms with Crippen molar-refractivity contribution in [2.75, 3.05) is 19.6 Å². The minimum absolute atomic E-state index is 0. The molecule has 0 bridgehead atoms. The number of amides is 1. The van der Waals surface area contributed by atoms with Gasteiger partial charge in [-0.05, 0) is 67.9 Å². The lowest BCUT2D eigenvalue weighted by Crippen LogP contribution is -2.56. The number of piperidine rings is 1. The number of benzene rings is 1. The van der Waals surface area contributed by atoms with Crippen LogP contribution in [0.15, 0.2) is 48.8 Å². The number of carbonyl (C=O) groups excluding carboxylic acids is 1. The van der Waals surface area contributed by atoms with Gasteiger partial charge in [0.2, 0.25) is 0 Å². The van der Waals surface area contributed by atoms with Gasteiger partial charge in [0.15, 0.2) is 5.60 Å². The monoisotopic (exact) mass is 445 g/mol. The first-order chi connectivity index (χ1) is 12.7. The van der Waals surface area contributed by atoms with Crippen molar-refractivity contribution >= 4 is 42.3 Å². The van der Waals surface area contributed by atoms with E-state index in [-0.39, 0.29) is 30.7 Å². The number of halogens is 3. The minimum atomic E-state index is -0.824. The van der Waals surface area contributed by atoms with Gasteiger partial charge in [0.05, 0.1) is 0 Å². The lowest BCUT2D eigenvalue weighted by Gasteiger charge is -2.36. The topological polar surface area (TPSA) is 63.2 Å². The smallest absolute Gasteiger partial charge is 0.264 e. The van der Waals surface area contributed by atoms with Gasteiger partial charge >= 0.3 is 0 Å². The van der Waals surface area contributed by atoms with E-state index in [1.165, 1.54) is 5.56 Å². The largest absolute Gasteiger partial charge is 0.477 e. The highest BCUT2D eigenvalue weighted by molar-refractivity contribution is 6.30. The number of hydrogen-bond acceptors (Lipinski definition) is 4. The maximum Gasteiger partial charge on any atom is 0.264 e. The number of nitrogens with one attached hydrogen (secondary N) is 2. The van der Waals surface area contributed by atoms with E-state index in [1.54, 1.807) is 24.5 Å². The lowest BCUT2D eigenvalue weighted by molar-refractivity contribution is -0.139. The molecule has 28 heavy (non-hydrogen) atoms. The predicted molar refractivity (Wildman–Crippen MR) is 117 cm³/mol. The summed E-state index contributed by atoms with van der Waals surface area (Å²) < 4.78 is 6.16. The standard InChI is InChI=1S/C20H24ClN3O2.2ClH/c21-17-3-5-18(6-4-17)26-20(9-14-23-15-10-20)19(25)24-11-1-2-16-7-12-22-13-8-16;;/h3-8,12-13,23H,1-2,9-11,14-15H2,(H,24,25);2*1H.